The van der Waals surface area contributed by atoms with E-state index in [4.69, 9.17) is 0 Å². The van der Waals surface area contributed by atoms with Gasteiger partial charge < -0.3 is 0 Å². The van der Waals surface area contributed by atoms with Crippen LogP contribution < -0.4 is 0 Å². The standard InChI is InChI=1S/C14H17NO2S/c1-4-10-15(11-5-2)18(16,17)14-9-7-8-13(6-3)12-14/h4-9,12H,1-3,10-11H2. The van der Waals surface area contributed by atoms with E-state index >= 15 is 0 Å². The van der Waals surface area contributed by atoms with Crippen molar-refractivity contribution in [2.24, 2.45) is 0 Å². The van der Waals surface area contributed by atoms with Gasteiger partial charge in [0.25, 0.3) is 0 Å². The van der Waals surface area contributed by atoms with Gasteiger partial charge >= 0.3 is 0 Å². The van der Waals surface area contributed by atoms with E-state index in [-0.39, 0.29) is 18.0 Å². The van der Waals surface area contributed by atoms with Gasteiger partial charge in [0.1, 0.15) is 0 Å². The summed E-state index contributed by atoms with van der Waals surface area (Å²) in [6, 6.07) is 6.67. The Morgan fingerprint density at radius 1 is 1.11 bits per heavy atom. The molecule has 0 amide bonds. The van der Waals surface area contributed by atoms with Gasteiger partial charge in [-0.3, -0.25) is 0 Å². The molecule has 18 heavy (non-hydrogen) atoms. The molecule has 0 saturated heterocycles. The maximum absolute atomic E-state index is 12.4. The van der Waals surface area contributed by atoms with Gasteiger partial charge in [-0.15, -0.1) is 13.2 Å². The highest BCUT2D eigenvalue weighted by Gasteiger charge is 2.22. The molecule has 0 aliphatic carbocycles. The summed E-state index contributed by atoms with van der Waals surface area (Å²) in [5, 5.41) is 0. The number of nitrogens with zero attached hydrogens (tertiary/aromatic N) is 1. The lowest BCUT2D eigenvalue weighted by atomic mass is 10.2. The van der Waals surface area contributed by atoms with E-state index in [1.165, 1.54) is 4.31 Å². The molecule has 0 saturated carbocycles. The molecule has 0 fully saturated rings. The Labute approximate surface area is 109 Å². The average Bonchev–Trinajstić information content (AvgIpc) is 2.38. The van der Waals surface area contributed by atoms with Gasteiger partial charge in [0, 0.05) is 13.1 Å². The molecule has 0 N–H and O–H groups in total. The Morgan fingerprint density at radius 3 is 2.22 bits per heavy atom. The van der Waals surface area contributed by atoms with Gasteiger partial charge in [0.05, 0.1) is 4.90 Å². The van der Waals surface area contributed by atoms with Crippen LogP contribution in [0.1, 0.15) is 5.56 Å². The van der Waals surface area contributed by atoms with Gasteiger partial charge in [-0.1, -0.05) is 36.9 Å². The van der Waals surface area contributed by atoms with E-state index in [2.05, 4.69) is 19.7 Å². The lowest BCUT2D eigenvalue weighted by Crippen LogP contribution is -2.31. The minimum absolute atomic E-state index is 0.253. The summed E-state index contributed by atoms with van der Waals surface area (Å²) in [5.41, 5.74) is 0.772. The first-order chi connectivity index (χ1) is 8.56. The quantitative estimate of drug-likeness (QED) is 0.709. The van der Waals surface area contributed by atoms with Gasteiger partial charge in [-0.25, -0.2) is 8.42 Å². The number of hydrogen-bond acceptors (Lipinski definition) is 2. The smallest absolute Gasteiger partial charge is 0.207 e. The lowest BCUT2D eigenvalue weighted by Gasteiger charge is -2.19. The molecule has 1 rings (SSSR count). The summed E-state index contributed by atoms with van der Waals surface area (Å²) in [5.74, 6) is 0. The molecule has 0 aliphatic heterocycles. The van der Waals surface area contributed by atoms with Crippen molar-refractivity contribution < 1.29 is 8.42 Å². The molecule has 0 unspecified atom stereocenters. The van der Waals surface area contributed by atoms with Crippen molar-refractivity contribution in [2.75, 3.05) is 13.1 Å². The molecule has 0 aliphatic rings. The summed E-state index contributed by atoms with van der Waals surface area (Å²) in [7, 11) is -3.51. The Bertz CT molecular complexity index is 537. The SMILES string of the molecule is C=CCN(CC=C)S(=O)(=O)c1cccc(C=C)c1. The third-order valence-electron chi connectivity index (χ3n) is 2.40. The molecule has 0 aromatic heterocycles. The largest absolute Gasteiger partial charge is 0.243 e. The summed E-state index contributed by atoms with van der Waals surface area (Å²) in [6.45, 7) is 11.3. The lowest BCUT2D eigenvalue weighted by molar-refractivity contribution is 0.474. The van der Waals surface area contributed by atoms with Crippen LogP contribution >= 0.6 is 0 Å². The van der Waals surface area contributed by atoms with E-state index in [1.54, 1.807) is 42.5 Å². The van der Waals surface area contributed by atoms with Gasteiger partial charge in [0.15, 0.2) is 0 Å². The average molecular weight is 263 g/mol. The maximum Gasteiger partial charge on any atom is 0.243 e. The highest BCUT2D eigenvalue weighted by atomic mass is 32.2. The topological polar surface area (TPSA) is 37.4 Å². The van der Waals surface area contributed by atoms with E-state index in [0.717, 1.165) is 5.56 Å². The van der Waals surface area contributed by atoms with Gasteiger partial charge in [-0.05, 0) is 17.7 Å². The van der Waals surface area contributed by atoms with Crippen LogP contribution in [0.4, 0.5) is 0 Å². The summed E-state index contributed by atoms with van der Waals surface area (Å²) in [4.78, 5) is 0.253. The van der Waals surface area contributed by atoms with E-state index < -0.39 is 10.0 Å². The highest BCUT2D eigenvalue weighted by molar-refractivity contribution is 7.89. The molecule has 96 valence electrons. The van der Waals surface area contributed by atoms with Crippen LogP contribution in [0.25, 0.3) is 6.08 Å². The van der Waals surface area contributed by atoms with Crippen LogP contribution in [0.3, 0.4) is 0 Å². The molecule has 3 nitrogen and oxygen atoms in total. The van der Waals surface area contributed by atoms with E-state index in [1.807, 2.05) is 0 Å². The third kappa shape index (κ3) is 3.18. The molecule has 1 aromatic rings. The predicted molar refractivity (Wildman–Crippen MR) is 75.7 cm³/mol. The zero-order chi connectivity index (χ0) is 13.6. The minimum Gasteiger partial charge on any atom is -0.207 e. The molecule has 0 radical (unpaired) electrons. The molecule has 4 heteroatoms. The Kier molecular flexibility index (Phi) is 5.07. The van der Waals surface area contributed by atoms with Crippen LogP contribution in [-0.2, 0) is 10.0 Å². The van der Waals surface area contributed by atoms with Crippen LogP contribution in [0.15, 0.2) is 61.0 Å². The first kappa shape index (κ1) is 14.4. The van der Waals surface area contributed by atoms with Crippen molar-refractivity contribution in [1.29, 1.82) is 0 Å². The number of hydrogen-bond donors (Lipinski definition) is 0. The molecule has 1 aromatic carbocycles. The molecule has 0 spiro atoms. The monoisotopic (exact) mass is 263 g/mol. The highest BCUT2D eigenvalue weighted by Crippen LogP contribution is 2.17. The van der Waals surface area contributed by atoms with E-state index in [9.17, 15) is 8.42 Å². The zero-order valence-corrected chi connectivity index (χ0v) is 11.1. The minimum atomic E-state index is -3.51. The van der Waals surface area contributed by atoms with Crippen molar-refractivity contribution in [2.45, 2.75) is 4.90 Å². The summed E-state index contributed by atoms with van der Waals surface area (Å²) >= 11 is 0. The second-order valence-electron chi connectivity index (χ2n) is 3.68. The Balaban J connectivity index is 3.20. The maximum atomic E-state index is 12.4. The molecule has 0 bridgehead atoms. The predicted octanol–water partition coefficient (Wildman–Crippen LogP) is 2.69. The fraction of sp³-hybridized carbons (Fsp3) is 0.143. The molecular weight excluding hydrogens is 246 g/mol. The first-order valence-electron chi connectivity index (χ1n) is 5.50. The molecular formula is C14H17NO2S. The van der Waals surface area contributed by atoms with Crippen molar-refractivity contribution in [3.05, 3.63) is 61.7 Å². The van der Waals surface area contributed by atoms with Gasteiger partial charge in [-0.2, -0.15) is 4.31 Å². The number of sulfonamides is 1. The van der Waals surface area contributed by atoms with Crippen molar-refractivity contribution >= 4 is 16.1 Å². The van der Waals surface area contributed by atoms with Crippen molar-refractivity contribution in [3.8, 4) is 0 Å². The molecule has 0 atom stereocenters. The molecule has 0 heterocycles. The second-order valence-corrected chi connectivity index (χ2v) is 5.61. The first-order valence-corrected chi connectivity index (χ1v) is 6.94. The van der Waals surface area contributed by atoms with Crippen LogP contribution in [0, 0.1) is 0 Å². The Morgan fingerprint density at radius 2 is 1.72 bits per heavy atom. The Hall–Kier alpha value is -1.65. The normalized spacial score (nSPS) is 11.2. The van der Waals surface area contributed by atoms with Crippen LogP contribution in [0.2, 0.25) is 0 Å². The van der Waals surface area contributed by atoms with Crippen molar-refractivity contribution in [1.82, 2.24) is 4.31 Å². The number of benzene rings is 1. The summed E-state index contributed by atoms with van der Waals surface area (Å²) < 4.78 is 26.1. The number of rotatable bonds is 7. The zero-order valence-electron chi connectivity index (χ0n) is 10.2. The van der Waals surface area contributed by atoms with Gasteiger partial charge in [0.2, 0.25) is 10.0 Å². The van der Waals surface area contributed by atoms with Crippen molar-refractivity contribution in [3.63, 3.8) is 0 Å². The van der Waals surface area contributed by atoms with Crippen LogP contribution in [-0.4, -0.2) is 25.8 Å². The van der Waals surface area contributed by atoms with E-state index in [0.29, 0.717) is 0 Å². The third-order valence-corrected chi connectivity index (χ3v) is 4.22. The fourth-order valence-electron chi connectivity index (χ4n) is 1.51. The fourth-order valence-corrected chi connectivity index (χ4v) is 2.95. The van der Waals surface area contributed by atoms with Crippen LogP contribution in [0.5, 0.6) is 0 Å². The second kappa shape index (κ2) is 6.33. The summed E-state index contributed by atoms with van der Waals surface area (Å²) in [6.07, 6.45) is 4.72.